The number of anilines is 2. The molecule has 3 heterocycles. The zero-order valence-corrected chi connectivity index (χ0v) is 20.5. The van der Waals surface area contributed by atoms with Gasteiger partial charge in [0.25, 0.3) is 11.5 Å². The first-order chi connectivity index (χ1) is 17.5. The fourth-order valence-electron chi connectivity index (χ4n) is 5.27. The van der Waals surface area contributed by atoms with Crippen LogP contribution in [0.2, 0.25) is 0 Å². The molecule has 2 aliphatic rings. The number of benzene rings is 2. The molecule has 1 N–H and O–H groups in total. The lowest BCUT2D eigenvalue weighted by molar-refractivity contribution is -0.123. The van der Waals surface area contributed by atoms with Gasteiger partial charge in [-0.2, -0.15) is 0 Å². The van der Waals surface area contributed by atoms with Crippen LogP contribution < -0.4 is 15.4 Å². The van der Waals surface area contributed by atoms with Gasteiger partial charge in [-0.25, -0.2) is 19.6 Å². The maximum atomic E-state index is 14.0. The molecule has 2 aliphatic heterocycles. The number of unbranched alkanes of at least 4 members (excludes halogenated alkanes) is 2. The normalized spacial score (nSPS) is 17.8. The Labute approximate surface area is 210 Å². The molecule has 3 aromatic rings. The van der Waals surface area contributed by atoms with Crippen LogP contribution in [0.15, 0.2) is 71.7 Å². The van der Waals surface area contributed by atoms with E-state index in [4.69, 9.17) is 0 Å². The minimum atomic E-state index is -1.08. The van der Waals surface area contributed by atoms with Crippen LogP contribution in [0, 0.1) is 0 Å². The minimum Gasteiger partial charge on any atom is -0.303 e. The first-order valence-corrected chi connectivity index (χ1v) is 12.7. The fraction of sp³-hybridized carbons (Fsp3) is 0.357. The van der Waals surface area contributed by atoms with Crippen LogP contribution in [0.4, 0.5) is 16.4 Å². The zero-order chi connectivity index (χ0) is 25.1. The summed E-state index contributed by atoms with van der Waals surface area (Å²) in [6.45, 7) is 4.58. The molecule has 1 spiro atoms. The van der Waals surface area contributed by atoms with Gasteiger partial charge in [-0.15, -0.1) is 0 Å². The Morgan fingerprint density at radius 2 is 1.58 bits per heavy atom. The summed E-state index contributed by atoms with van der Waals surface area (Å²) in [6.07, 6.45) is 5.79. The van der Waals surface area contributed by atoms with Crippen LogP contribution >= 0.6 is 0 Å². The molecule has 5 rings (SSSR count). The molecule has 0 bridgehead atoms. The van der Waals surface area contributed by atoms with Gasteiger partial charge in [0.2, 0.25) is 5.95 Å². The van der Waals surface area contributed by atoms with E-state index in [-0.39, 0.29) is 17.4 Å². The third-order valence-corrected chi connectivity index (χ3v) is 7.28. The van der Waals surface area contributed by atoms with Crippen LogP contribution in [0.5, 0.6) is 0 Å². The molecule has 0 aliphatic carbocycles. The van der Waals surface area contributed by atoms with Crippen LogP contribution in [-0.4, -0.2) is 52.0 Å². The highest BCUT2D eigenvalue weighted by atomic mass is 16.2. The summed E-state index contributed by atoms with van der Waals surface area (Å²) in [5, 5.41) is 0. The molecule has 0 saturated carbocycles. The van der Waals surface area contributed by atoms with Gasteiger partial charge in [0, 0.05) is 25.4 Å². The number of nitrogens with zero attached hydrogens (tertiary/aromatic N) is 4. The Hall–Kier alpha value is -3.78. The van der Waals surface area contributed by atoms with Gasteiger partial charge in [0.1, 0.15) is 5.54 Å². The first kappa shape index (κ1) is 23.9. The van der Waals surface area contributed by atoms with E-state index in [2.05, 4.69) is 21.8 Å². The van der Waals surface area contributed by atoms with Crippen LogP contribution in [0.25, 0.3) is 11.1 Å². The quantitative estimate of drug-likeness (QED) is 0.395. The summed E-state index contributed by atoms with van der Waals surface area (Å²) in [4.78, 5) is 51.9. The molecule has 0 atom stereocenters. The topological polar surface area (TPSA) is 89.6 Å². The lowest BCUT2D eigenvalue weighted by Crippen LogP contribution is -2.57. The van der Waals surface area contributed by atoms with Gasteiger partial charge in [0.15, 0.2) is 0 Å². The second kappa shape index (κ2) is 10.1. The average molecular weight is 486 g/mol. The number of piperidine rings is 1. The molecule has 0 radical (unpaired) electrons. The SMILES string of the molecule is CCCCCN1CCC2(CC1)C(=O)N(c1ccc(-c3ccccc3)cc1)C(=O)N2c1nccc(=O)[nH]1. The third kappa shape index (κ3) is 4.33. The number of hydrogen-bond acceptors (Lipinski definition) is 5. The Kier molecular flexibility index (Phi) is 6.69. The molecule has 1 aromatic heterocycles. The summed E-state index contributed by atoms with van der Waals surface area (Å²) < 4.78 is 0. The number of H-pyrrole nitrogens is 1. The van der Waals surface area contributed by atoms with Gasteiger partial charge in [-0.3, -0.25) is 14.6 Å². The molecule has 2 aromatic carbocycles. The molecular formula is C28H31N5O3. The van der Waals surface area contributed by atoms with Crippen LogP contribution in [0.3, 0.4) is 0 Å². The highest BCUT2D eigenvalue weighted by Crippen LogP contribution is 2.41. The lowest BCUT2D eigenvalue weighted by Gasteiger charge is -2.41. The number of amides is 3. The van der Waals surface area contributed by atoms with Crippen molar-refractivity contribution < 1.29 is 9.59 Å². The summed E-state index contributed by atoms with van der Waals surface area (Å²) in [7, 11) is 0. The molecule has 36 heavy (non-hydrogen) atoms. The Bertz CT molecular complexity index is 1280. The Balaban J connectivity index is 1.47. The number of likely N-dealkylation sites (tertiary alicyclic amines) is 1. The number of carbonyl (C=O) groups is 2. The average Bonchev–Trinajstić information content (AvgIpc) is 3.11. The highest BCUT2D eigenvalue weighted by molar-refractivity contribution is 6.30. The van der Waals surface area contributed by atoms with Crippen molar-refractivity contribution in [3.05, 3.63) is 77.2 Å². The van der Waals surface area contributed by atoms with Crippen molar-refractivity contribution in [1.82, 2.24) is 14.9 Å². The van der Waals surface area contributed by atoms with Crippen molar-refractivity contribution in [1.29, 1.82) is 0 Å². The Morgan fingerprint density at radius 3 is 2.25 bits per heavy atom. The second-order valence-electron chi connectivity index (χ2n) is 9.51. The number of carbonyl (C=O) groups excluding carboxylic acids is 2. The molecular weight excluding hydrogens is 454 g/mol. The monoisotopic (exact) mass is 485 g/mol. The van der Waals surface area contributed by atoms with E-state index in [0.717, 1.165) is 30.5 Å². The summed E-state index contributed by atoms with van der Waals surface area (Å²) in [6, 6.07) is 18.2. The second-order valence-corrected chi connectivity index (χ2v) is 9.51. The predicted octanol–water partition coefficient (Wildman–Crippen LogP) is 4.43. The fourth-order valence-corrected chi connectivity index (χ4v) is 5.27. The molecule has 0 unspecified atom stereocenters. The number of urea groups is 1. The van der Waals surface area contributed by atoms with Crippen molar-refractivity contribution >= 4 is 23.6 Å². The van der Waals surface area contributed by atoms with Gasteiger partial charge >= 0.3 is 6.03 Å². The van der Waals surface area contributed by atoms with Crippen LogP contribution in [-0.2, 0) is 4.79 Å². The van der Waals surface area contributed by atoms with E-state index in [1.54, 1.807) is 12.1 Å². The summed E-state index contributed by atoms with van der Waals surface area (Å²) in [5.41, 5.74) is 1.13. The smallest absolute Gasteiger partial charge is 0.303 e. The van der Waals surface area contributed by atoms with E-state index in [1.807, 2.05) is 42.5 Å². The molecule has 8 nitrogen and oxygen atoms in total. The van der Waals surface area contributed by atoms with Gasteiger partial charge in [-0.05, 0) is 49.1 Å². The van der Waals surface area contributed by atoms with E-state index in [9.17, 15) is 14.4 Å². The zero-order valence-electron chi connectivity index (χ0n) is 20.5. The maximum absolute atomic E-state index is 14.0. The highest BCUT2D eigenvalue weighted by Gasteiger charge is 2.60. The van der Waals surface area contributed by atoms with Crippen molar-refractivity contribution in [2.24, 2.45) is 0 Å². The van der Waals surface area contributed by atoms with E-state index in [0.29, 0.717) is 31.6 Å². The van der Waals surface area contributed by atoms with Gasteiger partial charge in [-0.1, -0.05) is 62.2 Å². The molecule has 3 amide bonds. The van der Waals surface area contributed by atoms with Crippen LogP contribution in [0.1, 0.15) is 39.0 Å². The molecule has 2 saturated heterocycles. The Morgan fingerprint density at radius 1 is 0.889 bits per heavy atom. The maximum Gasteiger partial charge on any atom is 0.339 e. The van der Waals surface area contributed by atoms with Crippen molar-refractivity contribution in [2.75, 3.05) is 29.4 Å². The molecule has 186 valence electrons. The summed E-state index contributed by atoms with van der Waals surface area (Å²) >= 11 is 0. The number of rotatable bonds is 7. The number of imide groups is 1. The van der Waals surface area contributed by atoms with E-state index < -0.39 is 11.6 Å². The van der Waals surface area contributed by atoms with Gasteiger partial charge < -0.3 is 4.90 Å². The minimum absolute atomic E-state index is 0.115. The standard InChI is InChI=1S/C28H31N5O3/c1-2-3-7-18-31-19-15-28(16-20-31)25(35)32(27(36)33(28)26-29-17-14-24(34)30-26)23-12-10-22(11-13-23)21-8-5-4-6-9-21/h4-6,8-14,17H,2-3,7,15-16,18-20H2,1H3,(H,29,30,34). The largest absolute Gasteiger partial charge is 0.339 e. The van der Waals surface area contributed by atoms with Crippen molar-refractivity contribution in [2.45, 2.75) is 44.6 Å². The number of aromatic amines is 1. The number of hydrogen-bond donors (Lipinski definition) is 1. The molecule has 2 fully saturated rings. The van der Waals surface area contributed by atoms with Gasteiger partial charge in [0.05, 0.1) is 5.69 Å². The third-order valence-electron chi connectivity index (χ3n) is 7.28. The van der Waals surface area contributed by atoms with Crippen molar-refractivity contribution in [3.8, 4) is 11.1 Å². The first-order valence-electron chi connectivity index (χ1n) is 12.7. The van der Waals surface area contributed by atoms with Crippen molar-refractivity contribution in [3.63, 3.8) is 0 Å². The summed E-state index contributed by atoms with van der Waals surface area (Å²) in [5.74, 6) is -0.150. The number of aromatic nitrogens is 2. The lowest BCUT2D eigenvalue weighted by atomic mass is 9.85. The molecule has 8 heteroatoms. The van der Waals surface area contributed by atoms with E-state index in [1.165, 1.54) is 28.5 Å². The number of nitrogens with one attached hydrogen (secondary N) is 1. The predicted molar refractivity (Wildman–Crippen MR) is 140 cm³/mol. The van der Waals surface area contributed by atoms with E-state index >= 15 is 0 Å².